The summed E-state index contributed by atoms with van der Waals surface area (Å²) < 4.78 is 0. The molecule has 0 unspecified atom stereocenters. The van der Waals surface area contributed by atoms with Gasteiger partial charge in [-0.15, -0.1) is 11.3 Å². The summed E-state index contributed by atoms with van der Waals surface area (Å²) in [7, 11) is 0. The highest BCUT2D eigenvalue weighted by Crippen LogP contribution is 2.20. The second kappa shape index (κ2) is 3.57. The Kier molecular flexibility index (Phi) is 2.08. The molecule has 0 bridgehead atoms. The maximum Gasteiger partial charge on any atom is 0.258 e. The third-order valence-corrected chi connectivity index (χ3v) is 3.22. The van der Waals surface area contributed by atoms with Crippen LogP contribution in [0.2, 0.25) is 0 Å². The molecule has 0 amide bonds. The van der Waals surface area contributed by atoms with Gasteiger partial charge in [0.05, 0.1) is 5.56 Å². The van der Waals surface area contributed by atoms with Gasteiger partial charge < -0.3 is 4.98 Å². The molecule has 3 rings (SSSR count). The second-order valence-corrected chi connectivity index (χ2v) is 4.33. The summed E-state index contributed by atoms with van der Waals surface area (Å²) >= 11 is 1.47. The quantitative estimate of drug-likeness (QED) is 0.696. The molecule has 2 heterocycles. The summed E-state index contributed by atoms with van der Waals surface area (Å²) in [6, 6.07) is 9.60. The average Bonchev–Trinajstić information content (AvgIpc) is 2.81. The fourth-order valence-corrected chi connectivity index (χ4v) is 2.31. The second-order valence-electron chi connectivity index (χ2n) is 3.44. The lowest BCUT2D eigenvalue weighted by molar-refractivity contribution is 1.29. The summed E-state index contributed by atoms with van der Waals surface area (Å²) in [5.74, 6) is 0. The standard InChI is InChI=1S/C12H8N2OS/c15-11-9(12-13-5-6-16-12)7-8-3-1-2-4-10(8)14-11/h1-7H,(H,14,15). The van der Waals surface area contributed by atoms with Crippen molar-refractivity contribution < 1.29 is 0 Å². The number of thiazole rings is 1. The Morgan fingerprint density at radius 2 is 2.12 bits per heavy atom. The van der Waals surface area contributed by atoms with Crippen LogP contribution in [0.4, 0.5) is 0 Å². The minimum atomic E-state index is -0.0892. The van der Waals surface area contributed by atoms with E-state index in [9.17, 15) is 4.79 Å². The number of rotatable bonds is 1. The molecule has 0 aliphatic carbocycles. The van der Waals surface area contributed by atoms with Crippen LogP contribution >= 0.6 is 11.3 Å². The van der Waals surface area contributed by atoms with Crippen LogP contribution in [0.1, 0.15) is 0 Å². The van der Waals surface area contributed by atoms with Crippen LogP contribution < -0.4 is 5.56 Å². The van der Waals surface area contributed by atoms with Crippen LogP contribution in [-0.4, -0.2) is 9.97 Å². The fourth-order valence-electron chi connectivity index (χ4n) is 1.66. The van der Waals surface area contributed by atoms with E-state index in [0.29, 0.717) is 5.56 Å². The molecular formula is C12H8N2OS. The van der Waals surface area contributed by atoms with E-state index < -0.39 is 0 Å². The maximum atomic E-state index is 11.8. The Hall–Kier alpha value is -1.94. The third-order valence-electron chi connectivity index (χ3n) is 2.42. The monoisotopic (exact) mass is 228 g/mol. The van der Waals surface area contributed by atoms with Gasteiger partial charge in [0.1, 0.15) is 5.01 Å². The lowest BCUT2D eigenvalue weighted by Crippen LogP contribution is -2.08. The van der Waals surface area contributed by atoms with Gasteiger partial charge in [0, 0.05) is 17.1 Å². The topological polar surface area (TPSA) is 45.8 Å². The van der Waals surface area contributed by atoms with Gasteiger partial charge in [-0.25, -0.2) is 4.98 Å². The number of para-hydroxylation sites is 1. The molecule has 0 saturated carbocycles. The van der Waals surface area contributed by atoms with Crippen LogP contribution in [0, 0.1) is 0 Å². The molecule has 78 valence electrons. The van der Waals surface area contributed by atoms with E-state index in [4.69, 9.17) is 0 Å². The molecular weight excluding hydrogens is 220 g/mol. The summed E-state index contributed by atoms with van der Waals surface area (Å²) in [5, 5.41) is 3.64. The summed E-state index contributed by atoms with van der Waals surface area (Å²) in [6.45, 7) is 0. The Bertz CT molecular complexity index is 686. The van der Waals surface area contributed by atoms with E-state index in [-0.39, 0.29) is 5.56 Å². The van der Waals surface area contributed by atoms with Crippen molar-refractivity contribution in [2.75, 3.05) is 0 Å². The van der Waals surface area contributed by atoms with Crippen molar-refractivity contribution in [3.8, 4) is 10.6 Å². The summed E-state index contributed by atoms with van der Waals surface area (Å²) in [6.07, 6.45) is 1.70. The molecule has 1 aromatic carbocycles. The molecule has 0 radical (unpaired) electrons. The first-order valence-corrected chi connectivity index (χ1v) is 5.74. The van der Waals surface area contributed by atoms with Gasteiger partial charge in [-0.05, 0) is 17.5 Å². The number of H-pyrrole nitrogens is 1. The van der Waals surface area contributed by atoms with E-state index in [0.717, 1.165) is 15.9 Å². The van der Waals surface area contributed by atoms with Gasteiger partial charge >= 0.3 is 0 Å². The number of nitrogens with zero attached hydrogens (tertiary/aromatic N) is 1. The molecule has 2 aromatic heterocycles. The number of aromatic amines is 1. The van der Waals surface area contributed by atoms with E-state index in [1.807, 2.05) is 35.7 Å². The number of benzene rings is 1. The molecule has 0 spiro atoms. The Labute approximate surface area is 95.4 Å². The molecule has 0 aliphatic rings. The van der Waals surface area contributed by atoms with Gasteiger partial charge in [-0.2, -0.15) is 0 Å². The number of pyridine rings is 1. The Morgan fingerprint density at radius 3 is 2.94 bits per heavy atom. The third kappa shape index (κ3) is 1.44. The average molecular weight is 228 g/mol. The van der Waals surface area contributed by atoms with E-state index >= 15 is 0 Å². The summed E-state index contributed by atoms with van der Waals surface area (Å²) in [4.78, 5) is 18.9. The van der Waals surface area contributed by atoms with Crippen molar-refractivity contribution in [1.82, 2.24) is 9.97 Å². The van der Waals surface area contributed by atoms with Crippen molar-refractivity contribution in [1.29, 1.82) is 0 Å². The van der Waals surface area contributed by atoms with Crippen molar-refractivity contribution in [3.05, 3.63) is 52.3 Å². The lowest BCUT2D eigenvalue weighted by Gasteiger charge is -1.99. The van der Waals surface area contributed by atoms with Crippen molar-refractivity contribution in [2.45, 2.75) is 0 Å². The van der Waals surface area contributed by atoms with E-state index in [1.165, 1.54) is 11.3 Å². The Balaban J connectivity index is 2.34. The number of hydrogen-bond donors (Lipinski definition) is 1. The molecule has 1 N–H and O–H groups in total. The summed E-state index contributed by atoms with van der Waals surface area (Å²) in [5.41, 5.74) is 1.40. The van der Waals surface area contributed by atoms with Crippen LogP contribution in [0.15, 0.2) is 46.7 Å². The molecule has 4 heteroatoms. The molecule has 0 saturated heterocycles. The molecule has 3 aromatic rings. The van der Waals surface area contributed by atoms with Crippen LogP contribution in [0.25, 0.3) is 21.5 Å². The zero-order chi connectivity index (χ0) is 11.0. The molecule has 0 atom stereocenters. The van der Waals surface area contributed by atoms with Crippen molar-refractivity contribution in [3.63, 3.8) is 0 Å². The first-order chi connectivity index (χ1) is 7.84. The predicted octanol–water partition coefficient (Wildman–Crippen LogP) is 2.65. The van der Waals surface area contributed by atoms with E-state index in [1.54, 1.807) is 6.20 Å². The van der Waals surface area contributed by atoms with Crippen LogP contribution in [0.3, 0.4) is 0 Å². The molecule has 16 heavy (non-hydrogen) atoms. The zero-order valence-electron chi connectivity index (χ0n) is 8.31. The highest BCUT2D eigenvalue weighted by molar-refractivity contribution is 7.13. The van der Waals surface area contributed by atoms with Gasteiger partial charge in [0.15, 0.2) is 0 Å². The maximum absolute atomic E-state index is 11.8. The minimum absolute atomic E-state index is 0.0892. The number of nitrogens with one attached hydrogen (secondary N) is 1. The number of aromatic nitrogens is 2. The normalized spacial score (nSPS) is 10.8. The highest BCUT2D eigenvalue weighted by Gasteiger charge is 2.06. The van der Waals surface area contributed by atoms with Crippen molar-refractivity contribution in [2.24, 2.45) is 0 Å². The highest BCUT2D eigenvalue weighted by atomic mass is 32.1. The van der Waals surface area contributed by atoms with Crippen LogP contribution in [-0.2, 0) is 0 Å². The van der Waals surface area contributed by atoms with E-state index in [2.05, 4.69) is 9.97 Å². The number of hydrogen-bond acceptors (Lipinski definition) is 3. The minimum Gasteiger partial charge on any atom is -0.321 e. The Morgan fingerprint density at radius 1 is 1.25 bits per heavy atom. The predicted molar refractivity (Wildman–Crippen MR) is 65.7 cm³/mol. The van der Waals surface area contributed by atoms with Crippen molar-refractivity contribution >= 4 is 22.2 Å². The molecule has 0 fully saturated rings. The van der Waals surface area contributed by atoms with Gasteiger partial charge in [0.2, 0.25) is 0 Å². The van der Waals surface area contributed by atoms with Gasteiger partial charge in [-0.3, -0.25) is 4.79 Å². The largest absolute Gasteiger partial charge is 0.321 e. The molecule has 3 nitrogen and oxygen atoms in total. The molecule has 0 aliphatic heterocycles. The smallest absolute Gasteiger partial charge is 0.258 e. The SMILES string of the molecule is O=c1[nH]c2ccccc2cc1-c1nccs1. The van der Waals surface area contributed by atoms with Gasteiger partial charge in [-0.1, -0.05) is 18.2 Å². The fraction of sp³-hybridized carbons (Fsp3) is 0. The lowest BCUT2D eigenvalue weighted by atomic mass is 10.1. The van der Waals surface area contributed by atoms with Crippen LogP contribution in [0.5, 0.6) is 0 Å². The number of fused-ring (bicyclic) bond motifs is 1. The first-order valence-electron chi connectivity index (χ1n) is 4.86. The van der Waals surface area contributed by atoms with Gasteiger partial charge in [0.25, 0.3) is 5.56 Å². The first kappa shape index (κ1) is 9.30. The zero-order valence-corrected chi connectivity index (χ0v) is 9.12.